The van der Waals surface area contributed by atoms with Gasteiger partial charge in [0.15, 0.2) is 0 Å². The van der Waals surface area contributed by atoms with Gasteiger partial charge in [0, 0.05) is 38.4 Å². The fourth-order valence-electron chi connectivity index (χ4n) is 3.16. The van der Waals surface area contributed by atoms with E-state index in [4.69, 9.17) is 14.6 Å². The first-order valence-corrected chi connectivity index (χ1v) is 9.92. The molecule has 9 heteroatoms. The molecule has 0 bridgehead atoms. The van der Waals surface area contributed by atoms with Gasteiger partial charge in [-0.1, -0.05) is 6.07 Å². The summed E-state index contributed by atoms with van der Waals surface area (Å²) in [4.78, 5) is 38.6. The van der Waals surface area contributed by atoms with Crippen LogP contribution in [0.15, 0.2) is 18.2 Å². The fraction of sp³-hybridized carbons (Fsp3) is 0.571. The van der Waals surface area contributed by atoms with E-state index >= 15 is 0 Å². The average Bonchev–Trinajstić information content (AvgIpc) is 2.66. The van der Waals surface area contributed by atoms with Crippen LogP contribution >= 0.6 is 0 Å². The van der Waals surface area contributed by atoms with E-state index in [-0.39, 0.29) is 25.0 Å². The highest BCUT2D eigenvalue weighted by Gasteiger charge is 2.26. The monoisotopic (exact) mass is 421 g/mol. The number of carbonyl (C=O) groups is 3. The average molecular weight is 421 g/mol. The molecule has 1 heterocycles. The number of carboxylic acid groups (broad SMARTS) is 1. The number of piperazine rings is 1. The number of rotatable bonds is 7. The highest BCUT2D eigenvalue weighted by atomic mass is 16.6. The van der Waals surface area contributed by atoms with Crippen LogP contribution in [0.2, 0.25) is 0 Å². The van der Waals surface area contributed by atoms with Crippen molar-refractivity contribution in [3.05, 3.63) is 29.3 Å². The number of aliphatic carboxylic acids is 1. The molecule has 166 valence electrons. The Bertz CT molecular complexity index is 766. The maximum absolute atomic E-state index is 12.3. The van der Waals surface area contributed by atoms with Gasteiger partial charge in [-0.15, -0.1) is 0 Å². The Hall–Kier alpha value is -2.81. The minimum atomic E-state index is -0.931. The molecule has 1 aromatic rings. The highest BCUT2D eigenvalue weighted by molar-refractivity contribution is 5.73. The van der Waals surface area contributed by atoms with Crippen LogP contribution in [0, 0.1) is 0 Å². The van der Waals surface area contributed by atoms with Crippen LogP contribution in [0.4, 0.5) is 10.5 Å². The lowest BCUT2D eigenvalue weighted by Crippen LogP contribution is -2.50. The van der Waals surface area contributed by atoms with Crippen molar-refractivity contribution in [2.75, 3.05) is 44.7 Å². The maximum Gasteiger partial charge on any atom is 0.410 e. The zero-order valence-electron chi connectivity index (χ0n) is 18.1. The Labute approximate surface area is 176 Å². The van der Waals surface area contributed by atoms with Crippen molar-refractivity contribution >= 4 is 23.7 Å². The summed E-state index contributed by atoms with van der Waals surface area (Å²) in [5.41, 5.74) is 2.06. The zero-order chi connectivity index (χ0) is 22.3. The Kier molecular flexibility index (Phi) is 8.05. The van der Waals surface area contributed by atoms with E-state index in [1.165, 1.54) is 7.11 Å². The van der Waals surface area contributed by atoms with Gasteiger partial charge in [-0.05, 0) is 44.0 Å². The lowest BCUT2D eigenvalue weighted by Gasteiger charge is -2.37. The minimum absolute atomic E-state index is 0.133. The molecule has 1 fully saturated rings. The molecule has 1 aliphatic heterocycles. The van der Waals surface area contributed by atoms with Crippen LogP contribution in [0.5, 0.6) is 0 Å². The molecule has 0 spiro atoms. The number of ether oxygens (including phenoxy) is 2. The van der Waals surface area contributed by atoms with E-state index in [1.54, 1.807) is 4.90 Å². The first-order valence-electron chi connectivity index (χ1n) is 9.92. The molecule has 0 atom stereocenters. The van der Waals surface area contributed by atoms with Gasteiger partial charge in [0.05, 0.1) is 20.1 Å². The predicted molar refractivity (Wildman–Crippen MR) is 112 cm³/mol. The first kappa shape index (κ1) is 23.5. The lowest BCUT2D eigenvalue weighted by molar-refractivity contribution is -0.140. The molecule has 1 amide bonds. The normalized spacial score (nSPS) is 14.4. The van der Waals surface area contributed by atoms with E-state index in [2.05, 4.69) is 10.2 Å². The number of carbonyl (C=O) groups excluding carboxylic acids is 2. The Morgan fingerprint density at radius 3 is 2.27 bits per heavy atom. The van der Waals surface area contributed by atoms with E-state index in [9.17, 15) is 14.4 Å². The third-order valence-corrected chi connectivity index (χ3v) is 4.52. The molecular weight excluding hydrogens is 390 g/mol. The minimum Gasteiger partial charge on any atom is -0.480 e. The number of hydrogen-bond donors (Lipinski definition) is 2. The summed E-state index contributed by atoms with van der Waals surface area (Å²) in [6.45, 7) is 8.06. The topological polar surface area (TPSA) is 108 Å². The van der Waals surface area contributed by atoms with Gasteiger partial charge >= 0.3 is 18.0 Å². The van der Waals surface area contributed by atoms with Crippen molar-refractivity contribution in [2.24, 2.45) is 0 Å². The van der Waals surface area contributed by atoms with Crippen molar-refractivity contribution in [1.82, 2.24) is 10.2 Å². The van der Waals surface area contributed by atoms with Crippen molar-refractivity contribution in [3.63, 3.8) is 0 Å². The van der Waals surface area contributed by atoms with E-state index < -0.39 is 11.6 Å². The number of nitrogens with zero attached hydrogens (tertiary/aromatic N) is 2. The second kappa shape index (κ2) is 10.3. The summed E-state index contributed by atoms with van der Waals surface area (Å²) in [6, 6.07) is 5.77. The Morgan fingerprint density at radius 1 is 1.07 bits per heavy atom. The van der Waals surface area contributed by atoms with Gasteiger partial charge in [0.2, 0.25) is 0 Å². The summed E-state index contributed by atoms with van der Waals surface area (Å²) in [6.07, 6.45) is -0.186. The SMILES string of the molecule is COC(=O)Cc1cc(CNCC(=O)O)cc(N2CCN(C(=O)OC(C)(C)C)CC2)c1. The van der Waals surface area contributed by atoms with Crippen LogP contribution in [-0.2, 0) is 32.0 Å². The zero-order valence-corrected chi connectivity index (χ0v) is 18.1. The summed E-state index contributed by atoms with van der Waals surface area (Å²) in [5.74, 6) is -1.27. The van der Waals surface area contributed by atoms with Crippen molar-refractivity contribution < 1.29 is 29.0 Å². The van der Waals surface area contributed by atoms with Gasteiger partial charge in [-0.25, -0.2) is 4.79 Å². The molecule has 0 unspecified atom stereocenters. The van der Waals surface area contributed by atoms with Gasteiger partial charge in [-0.2, -0.15) is 0 Å². The van der Waals surface area contributed by atoms with Crippen LogP contribution in [0.25, 0.3) is 0 Å². The van der Waals surface area contributed by atoms with E-state index in [0.717, 1.165) is 16.8 Å². The second-order valence-electron chi connectivity index (χ2n) is 8.21. The fourth-order valence-corrected chi connectivity index (χ4v) is 3.16. The molecule has 9 nitrogen and oxygen atoms in total. The third kappa shape index (κ3) is 7.55. The van der Waals surface area contributed by atoms with E-state index in [0.29, 0.717) is 32.7 Å². The Balaban J connectivity index is 2.09. The number of methoxy groups -OCH3 is 1. The molecule has 30 heavy (non-hydrogen) atoms. The molecule has 0 radical (unpaired) electrons. The summed E-state index contributed by atoms with van der Waals surface area (Å²) in [5, 5.41) is 11.7. The number of benzene rings is 1. The van der Waals surface area contributed by atoms with Gasteiger partial charge in [0.25, 0.3) is 0 Å². The number of hydrogen-bond acceptors (Lipinski definition) is 7. The maximum atomic E-state index is 12.3. The van der Waals surface area contributed by atoms with E-state index in [1.807, 2.05) is 39.0 Å². The number of amides is 1. The number of nitrogens with one attached hydrogen (secondary N) is 1. The molecule has 0 saturated carbocycles. The summed E-state index contributed by atoms with van der Waals surface area (Å²) < 4.78 is 10.2. The van der Waals surface area contributed by atoms with Crippen LogP contribution < -0.4 is 10.2 Å². The van der Waals surface area contributed by atoms with Crippen molar-refractivity contribution in [3.8, 4) is 0 Å². The van der Waals surface area contributed by atoms with Crippen LogP contribution in [0.1, 0.15) is 31.9 Å². The number of esters is 1. The lowest BCUT2D eigenvalue weighted by atomic mass is 10.1. The number of carboxylic acids is 1. The predicted octanol–water partition coefficient (Wildman–Crippen LogP) is 1.63. The number of anilines is 1. The first-order chi connectivity index (χ1) is 14.1. The second-order valence-corrected chi connectivity index (χ2v) is 8.21. The summed E-state index contributed by atoms with van der Waals surface area (Å²) >= 11 is 0. The molecular formula is C21H31N3O6. The quantitative estimate of drug-likeness (QED) is 0.640. The van der Waals surface area contributed by atoms with Gasteiger partial charge in [0.1, 0.15) is 5.60 Å². The van der Waals surface area contributed by atoms with Crippen molar-refractivity contribution in [1.29, 1.82) is 0 Å². The highest BCUT2D eigenvalue weighted by Crippen LogP contribution is 2.22. The van der Waals surface area contributed by atoms with Gasteiger partial charge < -0.3 is 29.7 Å². The Morgan fingerprint density at radius 2 is 1.70 bits per heavy atom. The molecule has 2 rings (SSSR count). The summed E-state index contributed by atoms with van der Waals surface area (Å²) in [7, 11) is 1.34. The largest absolute Gasteiger partial charge is 0.480 e. The molecule has 0 aliphatic carbocycles. The smallest absolute Gasteiger partial charge is 0.410 e. The molecule has 1 saturated heterocycles. The third-order valence-electron chi connectivity index (χ3n) is 4.52. The molecule has 2 N–H and O–H groups in total. The standard InChI is InChI=1S/C21H31N3O6/c1-21(2,3)30-20(28)24-7-5-23(6-8-24)17-10-15(12-19(27)29-4)9-16(11-17)13-22-14-18(25)26/h9-11,22H,5-8,12-14H2,1-4H3,(H,25,26). The molecule has 1 aromatic carbocycles. The van der Waals surface area contributed by atoms with Gasteiger partial charge in [-0.3, -0.25) is 9.59 Å². The molecule has 1 aliphatic rings. The van der Waals surface area contributed by atoms with Crippen LogP contribution in [-0.4, -0.2) is 73.5 Å². The van der Waals surface area contributed by atoms with Crippen molar-refractivity contribution in [2.45, 2.75) is 39.3 Å². The van der Waals surface area contributed by atoms with Crippen LogP contribution in [0.3, 0.4) is 0 Å². The molecule has 0 aromatic heterocycles.